The first kappa shape index (κ1) is 15.2. The molecule has 0 saturated heterocycles. The van der Waals surface area contributed by atoms with Gasteiger partial charge in [-0.15, -0.1) is 24.0 Å². The lowest BCUT2D eigenvalue weighted by Crippen LogP contribution is -2.34. The van der Waals surface area contributed by atoms with Crippen LogP contribution in [0, 0.1) is 0 Å². The average Bonchev–Trinajstić information content (AvgIpc) is 2.71. The average molecular weight is 339 g/mol. The summed E-state index contributed by atoms with van der Waals surface area (Å²) in [6.07, 6.45) is 5.41. The molecule has 0 aliphatic heterocycles. The van der Waals surface area contributed by atoms with Crippen molar-refractivity contribution in [3.8, 4) is 0 Å². The predicted molar refractivity (Wildman–Crippen MR) is 74.0 cm³/mol. The topological polar surface area (TPSA) is 77.5 Å². The molecule has 0 aliphatic rings. The number of nitrogens with one attached hydrogen (secondary N) is 1. The highest BCUT2D eigenvalue weighted by Gasteiger charge is 1.92. The van der Waals surface area contributed by atoms with Crippen LogP contribution in [-0.2, 0) is 11.3 Å². The van der Waals surface area contributed by atoms with Crippen molar-refractivity contribution in [2.24, 2.45) is 10.7 Å². The first-order valence-corrected chi connectivity index (χ1v) is 4.81. The lowest BCUT2D eigenvalue weighted by Gasteiger charge is -2.05. The highest BCUT2D eigenvalue weighted by molar-refractivity contribution is 14.0. The zero-order valence-corrected chi connectivity index (χ0v) is 11.6. The minimum atomic E-state index is 0. The van der Waals surface area contributed by atoms with E-state index in [2.05, 4.69) is 15.3 Å². The number of guanidine groups is 1. The van der Waals surface area contributed by atoms with Crippen molar-refractivity contribution in [1.29, 1.82) is 0 Å². The predicted octanol–water partition coefficient (Wildman–Crippen LogP) is 0.0518. The second-order valence-electron chi connectivity index (χ2n) is 2.99. The molecule has 0 fully saturated rings. The fourth-order valence-electron chi connectivity index (χ4n) is 1.05. The van der Waals surface area contributed by atoms with Gasteiger partial charge in [0.1, 0.15) is 0 Å². The summed E-state index contributed by atoms with van der Waals surface area (Å²) in [5, 5.41) is 3.00. The van der Waals surface area contributed by atoms with E-state index in [-0.39, 0.29) is 24.0 Å². The van der Waals surface area contributed by atoms with Gasteiger partial charge in [-0.2, -0.15) is 0 Å². The van der Waals surface area contributed by atoms with Gasteiger partial charge in [0.15, 0.2) is 5.96 Å². The van der Waals surface area contributed by atoms with Gasteiger partial charge >= 0.3 is 0 Å². The van der Waals surface area contributed by atoms with Crippen LogP contribution < -0.4 is 11.1 Å². The summed E-state index contributed by atoms with van der Waals surface area (Å²) in [5.74, 6) is 0.451. The van der Waals surface area contributed by atoms with Gasteiger partial charge in [-0.3, -0.25) is 4.99 Å². The quantitative estimate of drug-likeness (QED) is 0.332. The molecule has 0 saturated carbocycles. The van der Waals surface area contributed by atoms with Crippen LogP contribution in [-0.4, -0.2) is 42.3 Å². The number of nitrogens with two attached hydrogens (primary N) is 1. The number of hydrogen-bond donors (Lipinski definition) is 2. The van der Waals surface area contributed by atoms with Crippen LogP contribution in [0.3, 0.4) is 0 Å². The van der Waals surface area contributed by atoms with Crippen molar-refractivity contribution in [2.75, 3.05) is 26.8 Å². The molecule has 0 spiro atoms. The zero-order valence-electron chi connectivity index (χ0n) is 9.30. The minimum absolute atomic E-state index is 0. The lowest BCUT2D eigenvalue weighted by molar-refractivity contribution is 0.208. The molecule has 16 heavy (non-hydrogen) atoms. The third-order valence-corrected chi connectivity index (χ3v) is 1.81. The SMILES string of the molecule is COCCN=C(N)NCCn1ccnc1.I. The standard InChI is InChI=1S/C9H17N5O.HI/c1-15-7-4-13-9(10)12-3-6-14-5-2-11-8-14;/h2,5,8H,3-4,6-7H2,1H3,(H3,10,12,13);1H. The molecule has 6 nitrogen and oxygen atoms in total. The second kappa shape index (κ2) is 9.40. The monoisotopic (exact) mass is 339 g/mol. The van der Waals surface area contributed by atoms with E-state index in [1.54, 1.807) is 19.6 Å². The van der Waals surface area contributed by atoms with Gasteiger partial charge in [0.2, 0.25) is 0 Å². The molecule has 1 heterocycles. The summed E-state index contributed by atoms with van der Waals surface area (Å²) in [7, 11) is 1.64. The summed E-state index contributed by atoms with van der Waals surface area (Å²) in [6.45, 7) is 2.73. The second-order valence-corrected chi connectivity index (χ2v) is 2.99. The van der Waals surface area contributed by atoms with Crippen molar-refractivity contribution < 1.29 is 4.74 Å². The fourth-order valence-corrected chi connectivity index (χ4v) is 1.05. The number of imidazole rings is 1. The molecule has 0 aliphatic carbocycles. The lowest BCUT2D eigenvalue weighted by atomic mass is 10.6. The Hall–Kier alpha value is -0.830. The maximum absolute atomic E-state index is 5.61. The zero-order chi connectivity index (χ0) is 10.9. The molecule has 1 aromatic heterocycles. The van der Waals surface area contributed by atoms with Crippen LogP contribution in [0.2, 0.25) is 0 Å². The van der Waals surface area contributed by atoms with Crippen LogP contribution in [0.15, 0.2) is 23.7 Å². The highest BCUT2D eigenvalue weighted by atomic mass is 127. The smallest absolute Gasteiger partial charge is 0.188 e. The van der Waals surface area contributed by atoms with E-state index >= 15 is 0 Å². The molecule has 0 amide bonds. The Labute approximate surface area is 112 Å². The molecule has 0 aromatic carbocycles. The Morgan fingerprint density at radius 3 is 3.06 bits per heavy atom. The summed E-state index contributed by atoms with van der Waals surface area (Å²) in [4.78, 5) is 8.00. The van der Waals surface area contributed by atoms with Crippen LogP contribution >= 0.6 is 24.0 Å². The number of nitrogens with zero attached hydrogens (tertiary/aromatic N) is 3. The van der Waals surface area contributed by atoms with Crippen LogP contribution in [0.1, 0.15) is 0 Å². The Balaban J connectivity index is 0.00000225. The molecule has 0 radical (unpaired) electrons. The van der Waals surface area contributed by atoms with Crippen LogP contribution in [0.4, 0.5) is 0 Å². The highest BCUT2D eigenvalue weighted by Crippen LogP contribution is 1.83. The van der Waals surface area contributed by atoms with E-state index in [0.29, 0.717) is 19.1 Å². The van der Waals surface area contributed by atoms with Crippen molar-refractivity contribution in [2.45, 2.75) is 6.54 Å². The van der Waals surface area contributed by atoms with E-state index in [1.165, 1.54) is 0 Å². The van der Waals surface area contributed by atoms with Gasteiger partial charge in [0, 0.05) is 32.6 Å². The van der Waals surface area contributed by atoms with Gasteiger partial charge in [-0.1, -0.05) is 0 Å². The minimum Gasteiger partial charge on any atom is -0.383 e. The Morgan fingerprint density at radius 1 is 1.62 bits per heavy atom. The number of hydrogen-bond acceptors (Lipinski definition) is 3. The molecule has 1 aromatic rings. The van der Waals surface area contributed by atoms with Crippen LogP contribution in [0.5, 0.6) is 0 Å². The maximum atomic E-state index is 5.61. The molecule has 0 bridgehead atoms. The molecule has 7 heteroatoms. The first-order chi connectivity index (χ1) is 7.33. The number of rotatable bonds is 6. The molecular weight excluding hydrogens is 321 g/mol. The van der Waals surface area contributed by atoms with Crippen LogP contribution in [0.25, 0.3) is 0 Å². The third-order valence-electron chi connectivity index (χ3n) is 1.81. The van der Waals surface area contributed by atoms with Crippen molar-refractivity contribution >= 4 is 29.9 Å². The molecule has 0 atom stereocenters. The number of halogens is 1. The summed E-state index contributed by atoms with van der Waals surface area (Å²) in [5.41, 5.74) is 5.61. The van der Waals surface area contributed by atoms with E-state index < -0.39 is 0 Å². The molecule has 1 rings (SSSR count). The van der Waals surface area contributed by atoms with Gasteiger partial charge in [-0.05, 0) is 0 Å². The Kier molecular flexibility index (Phi) is 8.91. The van der Waals surface area contributed by atoms with E-state index in [9.17, 15) is 0 Å². The first-order valence-electron chi connectivity index (χ1n) is 4.81. The number of aromatic nitrogens is 2. The number of ether oxygens (including phenoxy) is 1. The maximum Gasteiger partial charge on any atom is 0.188 e. The van der Waals surface area contributed by atoms with Gasteiger partial charge < -0.3 is 20.4 Å². The van der Waals surface area contributed by atoms with Gasteiger partial charge in [0.25, 0.3) is 0 Å². The largest absolute Gasteiger partial charge is 0.383 e. The van der Waals surface area contributed by atoms with Crippen molar-refractivity contribution in [3.05, 3.63) is 18.7 Å². The van der Waals surface area contributed by atoms with Crippen molar-refractivity contribution in [1.82, 2.24) is 14.9 Å². The summed E-state index contributed by atoms with van der Waals surface area (Å²) in [6, 6.07) is 0. The Morgan fingerprint density at radius 2 is 2.44 bits per heavy atom. The molecular formula is C9H18IN5O. The Bertz CT molecular complexity index is 288. The molecule has 92 valence electrons. The van der Waals surface area contributed by atoms with Crippen molar-refractivity contribution in [3.63, 3.8) is 0 Å². The number of methoxy groups -OCH3 is 1. The normalized spacial score (nSPS) is 10.9. The van der Waals surface area contributed by atoms with Gasteiger partial charge in [0.05, 0.1) is 19.5 Å². The van der Waals surface area contributed by atoms with E-state index in [1.807, 2.05) is 10.8 Å². The fraction of sp³-hybridized carbons (Fsp3) is 0.556. The number of aliphatic imine (C=N–C) groups is 1. The third kappa shape index (κ3) is 6.62. The summed E-state index contributed by atoms with van der Waals surface area (Å²) >= 11 is 0. The molecule has 0 unspecified atom stereocenters. The van der Waals surface area contributed by atoms with E-state index in [4.69, 9.17) is 10.5 Å². The van der Waals surface area contributed by atoms with E-state index in [0.717, 1.165) is 13.1 Å². The van der Waals surface area contributed by atoms with Gasteiger partial charge in [-0.25, -0.2) is 4.98 Å². The summed E-state index contributed by atoms with van der Waals surface area (Å²) < 4.78 is 6.82. The molecule has 3 N–H and O–H groups in total.